The van der Waals surface area contributed by atoms with E-state index in [2.05, 4.69) is 33.7 Å². The van der Waals surface area contributed by atoms with Crippen molar-refractivity contribution in [3.05, 3.63) is 10.6 Å². The summed E-state index contributed by atoms with van der Waals surface area (Å²) < 4.78 is 3.83. The Morgan fingerprint density at radius 3 is 2.61 bits per heavy atom. The highest BCUT2D eigenvalue weighted by atomic mass is 32.1. The highest BCUT2D eigenvalue weighted by Gasteiger charge is 2.19. The first-order valence-corrected chi connectivity index (χ1v) is 7.00. The van der Waals surface area contributed by atoms with E-state index < -0.39 is 0 Å². The molecular weight excluding hydrogens is 248 g/mol. The van der Waals surface area contributed by atoms with Crippen LogP contribution in [-0.4, -0.2) is 47.1 Å². The first kappa shape index (κ1) is 15.0. The first-order chi connectivity index (χ1) is 8.47. The van der Waals surface area contributed by atoms with Gasteiger partial charge in [0.1, 0.15) is 4.88 Å². The van der Waals surface area contributed by atoms with Crippen LogP contribution in [0.4, 0.5) is 0 Å². The lowest BCUT2D eigenvalue weighted by atomic mass is 10.0. The van der Waals surface area contributed by atoms with E-state index in [1.54, 1.807) is 0 Å². The van der Waals surface area contributed by atoms with Crippen LogP contribution in [-0.2, 0) is 6.42 Å². The lowest BCUT2D eigenvalue weighted by molar-refractivity contribution is 0.0937. The van der Waals surface area contributed by atoms with Crippen molar-refractivity contribution in [3.63, 3.8) is 0 Å². The Bertz CT molecular complexity index is 381. The minimum absolute atomic E-state index is 0.0608. The summed E-state index contributed by atoms with van der Waals surface area (Å²) in [5.74, 6) is 0.430. The molecule has 0 saturated carbocycles. The molecule has 1 heterocycles. The molecule has 0 fully saturated rings. The van der Waals surface area contributed by atoms with E-state index >= 15 is 0 Å². The Morgan fingerprint density at radius 1 is 1.44 bits per heavy atom. The summed E-state index contributed by atoms with van der Waals surface area (Å²) in [5, 5.41) is 6.92. The fourth-order valence-corrected chi connectivity index (χ4v) is 2.57. The lowest BCUT2D eigenvalue weighted by Crippen LogP contribution is -2.43. The number of aromatic nitrogens is 2. The second-order valence-corrected chi connectivity index (χ2v) is 5.64. The van der Waals surface area contributed by atoms with Crippen LogP contribution in [0.1, 0.15) is 36.1 Å². The van der Waals surface area contributed by atoms with Gasteiger partial charge in [0.25, 0.3) is 5.91 Å². The molecule has 0 aromatic carbocycles. The summed E-state index contributed by atoms with van der Waals surface area (Å²) in [6.45, 7) is 6.93. The summed E-state index contributed by atoms with van der Waals surface area (Å²) in [4.78, 5) is 14.8. The third kappa shape index (κ3) is 3.74. The molecule has 0 bridgehead atoms. The van der Waals surface area contributed by atoms with Crippen molar-refractivity contribution >= 4 is 17.4 Å². The molecule has 1 atom stereocenters. The molecule has 0 aliphatic rings. The molecular formula is C12H22N4OS. The van der Waals surface area contributed by atoms with Gasteiger partial charge in [-0.2, -0.15) is 0 Å². The Labute approximate surface area is 113 Å². The molecule has 0 unspecified atom stereocenters. The number of hydrogen-bond donors (Lipinski definition) is 1. The fourth-order valence-electron chi connectivity index (χ4n) is 1.90. The van der Waals surface area contributed by atoms with Gasteiger partial charge in [-0.25, -0.2) is 0 Å². The number of carbonyl (C=O) groups excluding carboxylic acids is 1. The SMILES string of the molecule is CCc1nnsc1C(=O)NC[C@H](C(C)C)N(C)C. The van der Waals surface area contributed by atoms with Gasteiger partial charge in [-0.15, -0.1) is 5.10 Å². The zero-order valence-corrected chi connectivity index (χ0v) is 12.5. The Hall–Kier alpha value is -1.01. The van der Waals surface area contributed by atoms with Gasteiger partial charge >= 0.3 is 0 Å². The molecule has 0 aliphatic carbocycles. The fraction of sp³-hybridized carbons (Fsp3) is 0.750. The molecule has 0 aliphatic heterocycles. The minimum Gasteiger partial charge on any atom is -0.350 e. The molecule has 102 valence electrons. The summed E-state index contributed by atoms with van der Waals surface area (Å²) in [6.07, 6.45) is 0.737. The first-order valence-electron chi connectivity index (χ1n) is 6.23. The van der Waals surface area contributed by atoms with E-state index in [0.29, 0.717) is 23.4 Å². The molecule has 18 heavy (non-hydrogen) atoms. The number of carbonyl (C=O) groups is 1. The predicted octanol–water partition coefficient (Wildman–Crippen LogP) is 1.42. The number of likely N-dealkylation sites (N-methyl/N-ethyl adjacent to an activating group) is 1. The number of amides is 1. The number of nitrogens with one attached hydrogen (secondary N) is 1. The quantitative estimate of drug-likeness (QED) is 0.849. The van der Waals surface area contributed by atoms with Crippen molar-refractivity contribution in [1.82, 2.24) is 19.8 Å². The Kier molecular flexibility index (Phi) is 5.68. The maximum absolute atomic E-state index is 12.0. The van der Waals surface area contributed by atoms with Crippen LogP contribution in [0.5, 0.6) is 0 Å². The molecule has 5 nitrogen and oxygen atoms in total. The normalized spacial score (nSPS) is 13.1. The van der Waals surface area contributed by atoms with Crippen molar-refractivity contribution in [2.45, 2.75) is 33.2 Å². The molecule has 0 radical (unpaired) electrons. The maximum Gasteiger partial charge on any atom is 0.265 e. The summed E-state index contributed by atoms with van der Waals surface area (Å²) in [5.41, 5.74) is 0.781. The van der Waals surface area contributed by atoms with Crippen molar-refractivity contribution in [2.75, 3.05) is 20.6 Å². The average molecular weight is 270 g/mol. The van der Waals surface area contributed by atoms with Gasteiger partial charge in [-0.1, -0.05) is 25.3 Å². The molecule has 0 spiro atoms. The van der Waals surface area contributed by atoms with E-state index in [9.17, 15) is 4.79 Å². The van der Waals surface area contributed by atoms with Gasteiger partial charge in [0, 0.05) is 12.6 Å². The van der Waals surface area contributed by atoms with E-state index in [1.165, 1.54) is 0 Å². The molecule has 1 amide bonds. The summed E-state index contributed by atoms with van der Waals surface area (Å²) >= 11 is 1.16. The van der Waals surface area contributed by atoms with Crippen LogP contribution in [0.25, 0.3) is 0 Å². The van der Waals surface area contributed by atoms with E-state index in [1.807, 2.05) is 21.0 Å². The Morgan fingerprint density at radius 2 is 2.11 bits per heavy atom. The van der Waals surface area contributed by atoms with Gasteiger partial charge in [0.2, 0.25) is 0 Å². The number of hydrogen-bond acceptors (Lipinski definition) is 5. The third-order valence-corrected chi connectivity index (χ3v) is 3.77. The third-order valence-electron chi connectivity index (χ3n) is 3.00. The second-order valence-electron chi connectivity index (χ2n) is 4.89. The van der Waals surface area contributed by atoms with Gasteiger partial charge in [-0.05, 0) is 38.0 Å². The largest absolute Gasteiger partial charge is 0.350 e. The topological polar surface area (TPSA) is 58.1 Å². The molecule has 1 aromatic rings. The summed E-state index contributed by atoms with van der Waals surface area (Å²) in [7, 11) is 4.06. The van der Waals surface area contributed by atoms with Gasteiger partial charge in [0.05, 0.1) is 5.69 Å². The van der Waals surface area contributed by atoms with Crippen molar-refractivity contribution in [1.29, 1.82) is 0 Å². The smallest absolute Gasteiger partial charge is 0.265 e. The molecule has 6 heteroatoms. The predicted molar refractivity (Wildman–Crippen MR) is 73.9 cm³/mol. The number of rotatable bonds is 6. The number of aryl methyl sites for hydroxylation is 1. The van der Waals surface area contributed by atoms with Crippen LogP contribution in [0.2, 0.25) is 0 Å². The molecule has 0 saturated heterocycles. The van der Waals surface area contributed by atoms with E-state index in [0.717, 1.165) is 23.6 Å². The van der Waals surface area contributed by atoms with Crippen molar-refractivity contribution < 1.29 is 4.79 Å². The van der Waals surface area contributed by atoms with Crippen molar-refractivity contribution in [2.24, 2.45) is 5.92 Å². The Balaban J connectivity index is 2.60. The van der Waals surface area contributed by atoms with Crippen LogP contribution >= 0.6 is 11.5 Å². The van der Waals surface area contributed by atoms with Crippen LogP contribution < -0.4 is 5.32 Å². The van der Waals surface area contributed by atoms with Gasteiger partial charge in [0.15, 0.2) is 0 Å². The number of nitrogens with zero attached hydrogens (tertiary/aromatic N) is 3. The molecule has 1 rings (SSSR count). The average Bonchev–Trinajstić information content (AvgIpc) is 2.75. The highest BCUT2D eigenvalue weighted by Crippen LogP contribution is 2.11. The second kappa shape index (κ2) is 6.80. The minimum atomic E-state index is -0.0608. The zero-order chi connectivity index (χ0) is 13.7. The summed E-state index contributed by atoms with van der Waals surface area (Å²) in [6, 6.07) is 0.333. The monoisotopic (exact) mass is 270 g/mol. The van der Waals surface area contributed by atoms with E-state index in [-0.39, 0.29) is 5.91 Å². The van der Waals surface area contributed by atoms with Gasteiger partial charge in [-0.3, -0.25) is 4.79 Å². The standard InChI is InChI=1S/C12H22N4OS/c1-6-9-11(18-15-14-9)12(17)13-7-10(8(2)3)16(4)5/h8,10H,6-7H2,1-5H3,(H,13,17)/t10-/m1/s1. The lowest BCUT2D eigenvalue weighted by Gasteiger charge is -2.27. The van der Waals surface area contributed by atoms with Crippen molar-refractivity contribution in [3.8, 4) is 0 Å². The molecule has 1 aromatic heterocycles. The van der Waals surface area contributed by atoms with E-state index in [4.69, 9.17) is 0 Å². The maximum atomic E-state index is 12.0. The molecule has 1 N–H and O–H groups in total. The van der Waals surface area contributed by atoms with Crippen LogP contribution in [0.3, 0.4) is 0 Å². The highest BCUT2D eigenvalue weighted by molar-refractivity contribution is 7.08. The van der Waals surface area contributed by atoms with Gasteiger partial charge < -0.3 is 10.2 Å². The van der Waals surface area contributed by atoms with Crippen LogP contribution in [0, 0.1) is 5.92 Å². The van der Waals surface area contributed by atoms with Crippen LogP contribution in [0.15, 0.2) is 0 Å². The zero-order valence-electron chi connectivity index (χ0n) is 11.7.